The predicted molar refractivity (Wildman–Crippen MR) is 85.4 cm³/mol. The molecule has 0 atom stereocenters. The third-order valence-corrected chi connectivity index (χ3v) is 3.35. The molecule has 0 radical (unpaired) electrons. The van der Waals surface area contributed by atoms with Gasteiger partial charge >= 0.3 is 0 Å². The molecule has 0 bridgehead atoms. The molecule has 0 saturated heterocycles. The minimum atomic E-state index is -0.292. The van der Waals surface area contributed by atoms with Gasteiger partial charge in [-0.05, 0) is 18.6 Å². The standard InChI is InChI=1S/C18H16O4/c1-2-10-21-15-9-8-14-17(18(15)20)13(19)11-16(22-14)12-6-4-3-5-7-12/h3-9,11,20H,2,10H2,1H3. The van der Waals surface area contributed by atoms with Crippen LogP contribution in [0.4, 0.5) is 0 Å². The second-order valence-electron chi connectivity index (χ2n) is 4.97. The third kappa shape index (κ3) is 2.55. The van der Waals surface area contributed by atoms with Gasteiger partial charge in [-0.2, -0.15) is 0 Å². The molecule has 0 saturated carbocycles. The van der Waals surface area contributed by atoms with Gasteiger partial charge in [0.25, 0.3) is 0 Å². The van der Waals surface area contributed by atoms with E-state index in [0.29, 0.717) is 23.7 Å². The number of fused-ring (bicyclic) bond motifs is 1. The lowest BCUT2D eigenvalue weighted by Gasteiger charge is -2.09. The number of aromatic hydroxyl groups is 1. The maximum Gasteiger partial charge on any atom is 0.197 e. The van der Waals surface area contributed by atoms with E-state index in [-0.39, 0.29) is 16.6 Å². The van der Waals surface area contributed by atoms with Gasteiger partial charge < -0.3 is 14.3 Å². The summed E-state index contributed by atoms with van der Waals surface area (Å²) < 4.78 is 11.2. The molecule has 3 rings (SSSR count). The highest BCUT2D eigenvalue weighted by Gasteiger charge is 2.14. The number of ether oxygens (including phenoxy) is 1. The van der Waals surface area contributed by atoms with Crippen molar-refractivity contribution < 1.29 is 14.3 Å². The first kappa shape index (κ1) is 14.2. The fraction of sp³-hybridized carbons (Fsp3) is 0.167. The van der Waals surface area contributed by atoms with E-state index in [2.05, 4.69) is 0 Å². The lowest BCUT2D eigenvalue weighted by Crippen LogP contribution is -2.02. The fourth-order valence-corrected chi connectivity index (χ4v) is 2.29. The summed E-state index contributed by atoms with van der Waals surface area (Å²) in [4.78, 5) is 12.3. The summed E-state index contributed by atoms with van der Waals surface area (Å²) in [6, 6.07) is 14.0. The quantitative estimate of drug-likeness (QED) is 0.791. The van der Waals surface area contributed by atoms with E-state index in [9.17, 15) is 9.90 Å². The van der Waals surface area contributed by atoms with Crippen LogP contribution in [0.3, 0.4) is 0 Å². The molecule has 0 unspecified atom stereocenters. The molecule has 1 N–H and O–H groups in total. The minimum absolute atomic E-state index is 0.147. The molecule has 0 spiro atoms. The normalized spacial score (nSPS) is 10.8. The van der Waals surface area contributed by atoms with Crippen LogP contribution >= 0.6 is 0 Å². The van der Waals surface area contributed by atoms with E-state index in [1.807, 2.05) is 37.3 Å². The maximum absolute atomic E-state index is 12.3. The first-order valence-electron chi connectivity index (χ1n) is 7.18. The van der Waals surface area contributed by atoms with Gasteiger partial charge in [0.2, 0.25) is 0 Å². The van der Waals surface area contributed by atoms with Gasteiger partial charge in [-0.15, -0.1) is 0 Å². The molecule has 0 aliphatic heterocycles. The van der Waals surface area contributed by atoms with Crippen molar-refractivity contribution in [3.05, 3.63) is 58.8 Å². The molecule has 0 aliphatic rings. The van der Waals surface area contributed by atoms with Crippen molar-refractivity contribution in [2.75, 3.05) is 6.61 Å². The van der Waals surface area contributed by atoms with Gasteiger partial charge in [0.05, 0.1) is 6.61 Å². The molecule has 0 aliphatic carbocycles. The summed E-state index contributed by atoms with van der Waals surface area (Å²) in [5.41, 5.74) is 0.861. The molecule has 0 amide bonds. The Morgan fingerprint density at radius 3 is 2.64 bits per heavy atom. The minimum Gasteiger partial charge on any atom is -0.504 e. The summed E-state index contributed by atoms with van der Waals surface area (Å²) in [7, 11) is 0. The van der Waals surface area contributed by atoms with Crippen LogP contribution in [0.1, 0.15) is 13.3 Å². The monoisotopic (exact) mass is 296 g/mol. The van der Waals surface area contributed by atoms with E-state index in [0.717, 1.165) is 12.0 Å². The summed E-state index contributed by atoms with van der Waals surface area (Å²) >= 11 is 0. The second-order valence-corrected chi connectivity index (χ2v) is 4.97. The van der Waals surface area contributed by atoms with E-state index < -0.39 is 0 Å². The van der Waals surface area contributed by atoms with Crippen molar-refractivity contribution in [1.82, 2.24) is 0 Å². The summed E-state index contributed by atoms with van der Waals surface area (Å²) in [5.74, 6) is 0.605. The van der Waals surface area contributed by atoms with Crippen molar-refractivity contribution in [1.29, 1.82) is 0 Å². The SMILES string of the molecule is CCCOc1ccc2oc(-c3ccccc3)cc(=O)c2c1O. The molecule has 0 fully saturated rings. The Labute approximate surface area is 127 Å². The Kier molecular flexibility index (Phi) is 3.83. The number of hydrogen-bond acceptors (Lipinski definition) is 4. The smallest absolute Gasteiger partial charge is 0.197 e. The van der Waals surface area contributed by atoms with Gasteiger partial charge in [0.15, 0.2) is 16.9 Å². The molecular formula is C18H16O4. The summed E-state index contributed by atoms with van der Waals surface area (Å²) in [6.07, 6.45) is 0.818. The molecule has 2 aromatic carbocycles. The fourth-order valence-electron chi connectivity index (χ4n) is 2.29. The van der Waals surface area contributed by atoms with Gasteiger partial charge in [-0.3, -0.25) is 4.79 Å². The molecule has 3 aromatic rings. The first-order valence-corrected chi connectivity index (χ1v) is 7.18. The average molecular weight is 296 g/mol. The Bertz CT molecular complexity index is 850. The first-order chi connectivity index (χ1) is 10.7. The van der Waals surface area contributed by atoms with Gasteiger partial charge in [-0.1, -0.05) is 37.3 Å². The number of benzene rings is 2. The third-order valence-electron chi connectivity index (χ3n) is 3.35. The van der Waals surface area contributed by atoms with Crippen LogP contribution in [0.5, 0.6) is 11.5 Å². The topological polar surface area (TPSA) is 59.7 Å². The number of rotatable bonds is 4. The van der Waals surface area contributed by atoms with Crippen LogP contribution in [0.25, 0.3) is 22.3 Å². The van der Waals surface area contributed by atoms with E-state index in [4.69, 9.17) is 9.15 Å². The van der Waals surface area contributed by atoms with Gasteiger partial charge in [0, 0.05) is 11.6 Å². The van der Waals surface area contributed by atoms with Gasteiger partial charge in [-0.25, -0.2) is 0 Å². The highest BCUT2D eigenvalue weighted by Crippen LogP contribution is 2.34. The number of hydrogen-bond donors (Lipinski definition) is 1. The van der Waals surface area contributed by atoms with Crippen LogP contribution in [-0.4, -0.2) is 11.7 Å². The zero-order valence-corrected chi connectivity index (χ0v) is 12.2. The van der Waals surface area contributed by atoms with E-state index in [1.165, 1.54) is 6.07 Å². The van der Waals surface area contributed by atoms with Crippen LogP contribution in [0.2, 0.25) is 0 Å². The van der Waals surface area contributed by atoms with E-state index in [1.54, 1.807) is 12.1 Å². The van der Waals surface area contributed by atoms with E-state index >= 15 is 0 Å². The van der Waals surface area contributed by atoms with Crippen molar-refractivity contribution >= 4 is 11.0 Å². The van der Waals surface area contributed by atoms with Crippen LogP contribution in [0.15, 0.2) is 57.7 Å². The highest BCUT2D eigenvalue weighted by atomic mass is 16.5. The Morgan fingerprint density at radius 1 is 1.14 bits per heavy atom. The summed E-state index contributed by atoms with van der Waals surface area (Å²) in [5, 5.41) is 10.4. The average Bonchev–Trinajstić information content (AvgIpc) is 2.54. The second kappa shape index (κ2) is 5.93. The van der Waals surface area contributed by atoms with Crippen LogP contribution < -0.4 is 10.2 Å². The van der Waals surface area contributed by atoms with Crippen molar-refractivity contribution in [3.63, 3.8) is 0 Å². The Hall–Kier alpha value is -2.75. The molecular weight excluding hydrogens is 280 g/mol. The lowest BCUT2D eigenvalue weighted by molar-refractivity contribution is 0.300. The molecule has 112 valence electrons. The maximum atomic E-state index is 12.3. The van der Waals surface area contributed by atoms with Crippen LogP contribution in [0, 0.1) is 0 Å². The summed E-state index contributed by atoms with van der Waals surface area (Å²) in [6.45, 7) is 2.45. The highest BCUT2D eigenvalue weighted by molar-refractivity contribution is 5.87. The molecule has 22 heavy (non-hydrogen) atoms. The van der Waals surface area contributed by atoms with Crippen molar-refractivity contribution in [2.45, 2.75) is 13.3 Å². The molecule has 1 heterocycles. The predicted octanol–water partition coefficient (Wildman–Crippen LogP) is 3.95. The molecule has 1 aromatic heterocycles. The Balaban J connectivity index is 2.15. The number of phenols is 1. The molecule has 4 nitrogen and oxygen atoms in total. The molecule has 4 heteroatoms. The van der Waals surface area contributed by atoms with Crippen molar-refractivity contribution in [3.8, 4) is 22.8 Å². The number of phenolic OH excluding ortho intramolecular Hbond substituents is 1. The largest absolute Gasteiger partial charge is 0.504 e. The zero-order chi connectivity index (χ0) is 15.5. The van der Waals surface area contributed by atoms with Crippen LogP contribution in [-0.2, 0) is 0 Å². The van der Waals surface area contributed by atoms with Crippen molar-refractivity contribution in [2.24, 2.45) is 0 Å². The van der Waals surface area contributed by atoms with Gasteiger partial charge in [0.1, 0.15) is 16.7 Å². The zero-order valence-electron chi connectivity index (χ0n) is 12.2. The Morgan fingerprint density at radius 2 is 1.91 bits per heavy atom. The lowest BCUT2D eigenvalue weighted by atomic mass is 10.1.